The standard InChI is InChI=1S/C16H10INO3/c17-10-6-7-12-11(8-10)14(16(20)21)13(15(19)18-12)9-4-2-1-3-5-9/h1-8H,(H,18,19)(H,20,21). The van der Waals surface area contributed by atoms with Crippen molar-refractivity contribution in [2.75, 3.05) is 0 Å². The van der Waals surface area contributed by atoms with Gasteiger partial charge in [-0.05, 0) is 46.4 Å². The number of halogens is 1. The van der Waals surface area contributed by atoms with Crippen LogP contribution in [0.2, 0.25) is 0 Å². The van der Waals surface area contributed by atoms with Crippen LogP contribution in [0.25, 0.3) is 22.0 Å². The van der Waals surface area contributed by atoms with Gasteiger partial charge in [-0.2, -0.15) is 0 Å². The molecule has 3 aromatic rings. The van der Waals surface area contributed by atoms with Gasteiger partial charge in [-0.3, -0.25) is 4.79 Å². The number of hydrogen-bond acceptors (Lipinski definition) is 2. The molecule has 0 amide bonds. The maximum atomic E-state index is 12.3. The number of carboxylic acids is 1. The summed E-state index contributed by atoms with van der Waals surface area (Å²) in [7, 11) is 0. The van der Waals surface area contributed by atoms with E-state index in [1.54, 1.807) is 36.4 Å². The highest BCUT2D eigenvalue weighted by Crippen LogP contribution is 2.27. The van der Waals surface area contributed by atoms with Gasteiger partial charge in [0.15, 0.2) is 0 Å². The number of fused-ring (bicyclic) bond motifs is 1. The van der Waals surface area contributed by atoms with E-state index in [-0.39, 0.29) is 11.1 Å². The molecule has 1 aromatic heterocycles. The van der Waals surface area contributed by atoms with E-state index in [0.717, 1.165) is 3.57 Å². The molecule has 1 heterocycles. The first-order valence-electron chi connectivity index (χ1n) is 6.22. The molecule has 3 rings (SSSR count). The van der Waals surface area contributed by atoms with Gasteiger partial charge in [0.1, 0.15) is 0 Å². The second-order valence-electron chi connectivity index (χ2n) is 4.57. The average molecular weight is 391 g/mol. The van der Waals surface area contributed by atoms with Crippen LogP contribution >= 0.6 is 22.6 Å². The molecule has 0 aliphatic heterocycles. The van der Waals surface area contributed by atoms with Crippen LogP contribution in [-0.2, 0) is 0 Å². The lowest BCUT2D eigenvalue weighted by molar-refractivity contribution is 0.0699. The number of nitrogens with one attached hydrogen (secondary N) is 1. The largest absolute Gasteiger partial charge is 0.478 e. The van der Waals surface area contributed by atoms with Crippen molar-refractivity contribution in [3.05, 3.63) is 68.0 Å². The second kappa shape index (κ2) is 5.33. The fraction of sp³-hybridized carbons (Fsp3) is 0. The van der Waals surface area contributed by atoms with E-state index in [1.165, 1.54) is 0 Å². The van der Waals surface area contributed by atoms with Crippen molar-refractivity contribution in [1.82, 2.24) is 4.98 Å². The van der Waals surface area contributed by atoms with Gasteiger partial charge >= 0.3 is 5.97 Å². The first-order valence-corrected chi connectivity index (χ1v) is 7.30. The molecule has 2 aromatic carbocycles. The topological polar surface area (TPSA) is 70.2 Å². The number of carboxylic acid groups (broad SMARTS) is 1. The first kappa shape index (κ1) is 13.8. The SMILES string of the molecule is O=C(O)c1c(-c2ccccc2)c(=O)[nH]c2ccc(I)cc12. The van der Waals surface area contributed by atoms with Gasteiger partial charge in [0.05, 0.1) is 11.1 Å². The van der Waals surface area contributed by atoms with Crippen molar-refractivity contribution >= 4 is 39.5 Å². The molecule has 0 saturated heterocycles. The molecule has 0 unspecified atom stereocenters. The summed E-state index contributed by atoms with van der Waals surface area (Å²) in [5.74, 6) is -1.10. The van der Waals surface area contributed by atoms with E-state index in [9.17, 15) is 14.7 Å². The number of hydrogen-bond donors (Lipinski definition) is 2. The summed E-state index contributed by atoms with van der Waals surface area (Å²) < 4.78 is 0.911. The molecule has 104 valence electrons. The third-order valence-electron chi connectivity index (χ3n) is 3.25. The zero-order valence-corrected chi connectivity index (χ0v) is 12.9. The molecule has 21 heavy (non-hydrogen) atoms. The highest BCUT2D eigenvalue weighted by Gasteiger charge is 2.19. The molecule has 0 fully saturated rings. The molecule has 4 nitrogen and oxygen atoms in total. The summed E-state index contributed by atoms with van der Waals surface area (Å²) in [5.41, 5.74) is 0.956. The van der Waals surface area contributed by atoms with Gasteiger partial charge in [-0.25, -0.2) is 4.79 Å². The van der Waals surface area contributed by atoms with Crippen LogP contribution in [0, 0.1) is 3.57 Å². The Morgan fingerprint density at radius 1 is 1.10 bits per heavy atom. The lowest BCUT2D eigenvalue weighted by atomic mass is 9.97. The quantitative estimate of drug-likeness (QED) is 0.657. The van der Waals surface area contributed by atoms with Crippen LogP contribution in [0.5, 0.6) is 0 Å². The minimum Gasteiger partial charge on any atom is -0.478 e. The van der Waals surface area contributed by atoms with Gasteiger partial charge in [0.2, 0.25) is 0 Å². The Morgan fingerprint density at radius 3 is 2.48 bits per heavy atom. The molecule has 0 radical (unpaired) electrons. The van der Waals surface area contributed by atoms with Crippen molar-refractivity contribution in [3.63, 3.8) is 0 Å². The number of rotatable bonds is 2. The number of pyridine rings is 1. The molecular formula is C16H10INO3. The summed E-state index contributed by atoms with van der Waals surface area (Å²) in [6.07, 6.45) is 0. The number of aromatic amines is 1. The van der Waals surface area contributed by atoms with E-state index in [4.69, 9.17) is 0 Å². The fourth-order valence-electron chi connectivity index (χ4n) is 2.37. The van der Waals surface area contributed by atoms with Crippen molar-refractivity contribution in [1.29, 1.82) is 0 Å². The normalized spacial score (nSPS) is 10.7. The lowest BCUT2D eigenvalue weighted by Crippen LogP contribution is -2.16. The van der Waals surface area contributed by atoms with Crippen LogP contribution in [-0.4, -0.2) is 16.1 Å². The van der Waals surface area contributed by atoms with Crippen LogP contribution in [0.15, 0.2) is 53.3 Å². The Balaban J connectivity index is 2.49. The summed E-state index contributed by atoms with van der Waals surface area (Å²) in [6, 6.07) is 14.2. The minimum absolute atomic E-state index is 0.0402. The lowest BCUT2D eigenvalue weighted by Gasteiger charge is -2.09. The van der Waals surface area contributed by atoms with Crippen LogP contribution in [0.3, 0.4) is 0 Å². The zero-order valence-electron chi connectivity index (χ0n) is 10.8. The Kier molecular flexibility index (Phi) is 3.50. The van der Waals surface area contributed by atoms with Gasteiger partial charge < -0.3 is 10.1 Å². The van der Waals surface area contributed by atoms with E-state index in [0.29, 0.717) is 16.5 Å². The smallest absolute Gasteiger partial charge is 0.337 e. The number of carbonyl (C=O) groups is 1. The molecule has 5 heteroatoms. The van der Waals surface area contributed by atoms with Crippen molar-refractivity contribution in [2.24, 2.45) is 0 Å². The summed E-state index contributed by atoms with van der Waals surface area (Å²) in [5, 5.41) is 10.1. The van der Waals surface area contributed by atoms with Crippen molar-refractivity contribution in [3.8, 4) is 11.1 Å². The minimum atomic E-state index is -1.10. The third kappa shape index (κ3) is 2.44. The Bertz CT molecular complexity index is 901. The zero-order chi connectivity index (χ0) is 15.0. The maximum absolute atomic E-state index is 12.3. The predicted octanol–water partition coefficient (Wildman–Crippen LogP) is 3.50. The average Bonchev–Trinajstić information content (AvgIpc) is 2.47. The van der Waals surface area contributed by atoms with E-state index in [2.05, 4.69) is 27.6 Å². The van der Waals surface area contributed by atoms with E-state index < -0.39 is 11.5 Å². The highest BCUT2D eigenvalue weighted by molar-refractivity contribution is 14.1. The van der Waals surface area contributed by atoms with Crippen LogP contribution < -0.4 is 5.56 Å². The molecular weight excluding hydrogens is 381 g/mol. The summed E-state index contributed by atoms with van der Waals surface area (Å²) in [6.45, 7) is 0. The molecule has 0 spiro atoms. The molecule has 2 N–H and O–H groups in total. The van der Waals surface area contributed by atoms with Gasteiger partial charge in [-0.15, -0.1) is 0 Å². The highest BCUT2D eigenvalue weighted by atomic mass is 127. The molecule has 0 atom stereocenters. The fourth-order valence-corrected chi connectivity index (χ4v) is 2.86. The van der Waals surface area contributed by atoms with Crippen LogP contribution in [0.4, 0.5) is 0 Å². The number of H-pyrrole nitrogens is 1. The number of aromatic nitrogens is 1. The Morgan fingerprint density at radius 2 is 1.81 bits per heavy atom. The number of benzene rings is 2. The molecule has 0 saturated carbocycles. The summed E-state index contributed by atoms with van der Waals surface area (Å²) >= 11 is 2.12. The first-order chi connectivity index (χ1) is 10.1. The second-order valence-corrected chi connectivity index (χ2v) is 5.81. The summed E-state index contributed by atoms with van der Waals surface area (Å²) in [4.78, 5) is 26.8. The van der Waals surface area contributed by atoms with Gasteiger partial charge in [-0.1, -0.05) is 30.3 Å². The van der Waals surface area contributed by atoms with Crippen molar-refractivity contribution in [2.45, 2.75) is 0 Å². The van der Waals surface area contributed by atoms with E-state index in [1.807, 2.05) is 12.1 Å². The maximum Gasteiger partial charge on any atom is 0.337 e. The van der Waals surface area contributed by atoms with Gasteiger partial charge in [0, 0.05) is 14.5 Å². The molecule has 0 aliphatic carbocycles. The van der Waals surface area contributed by atoms with Gasteiger partial charge in [0.25, 0.3) is 5.56 Å². The molecule has 0 aliphatic rings. The predicted molar refractivity (Wildman–Crippen MR) is 89.7 cm³/mol. The van der Waals surface area contributed by atoms with Crippen molar-refractivity contribution < 1.29 is 9.90 Å². The molecule has 0 bridgehead atoms. The van der Waals surface area contributed by atoms with Crippen LogP contribution in [0.1, 0.15) is 10.4 Å². The third-order valence-corrected chi connectivity index (χ3v) is 3.92. The monoisotopic (exact) mass is 391 g/mol. The van der Waals surface area contributed by atoms with E-state index >= 15 is 0 Å². The number of aromatic carboxylic acids is 1. The Labute approximate surface area is 133 Å². The Hall–Kier alpha value is -2.15.